The Morgan fingerprint density at radius 3 is 2.00 bits per heavy atom. The molecular weight excluding hydrogens is 386 g/mol. The number of fused-ring (bicyclic) bond motifs is 1. The van der Waals surface area contributed by atoms with Crippen LogP contribution in [0.4, 0.5) is 0 Å². The highest BCUT2D eigenvalue weighted by Gasteiger charge is 2.51. The molecule has 2 aliphatic rings. The highest BCUT2D eigenvalue weighted by atomic mass is 28.4. The first-order valence-corrected chi connectivity index (χ1v) is 13.1. The standard InChI is InChI=1S/C25H31N3OSi/c1-25(2,3)30(21-10-6-4-7-11-21,22-12-8-5-9-13-22)29-20-16-17-23-26-27-24(19-14-15-19)28(23)18-20/h4-13,19-20H,14-18H2,1-3H3/t20-/m0/s1. The monoisotopic (exact) mass is 417 g/mol. The molecule has 1 aromatic heterocycles. The fraction of sp³-hybridized carbons (Fsp3) is 0.440. The first-order chi connectivity index (χ1) is 14.5. The Labute approximate surface area is 180 Å². The van der Waals surface area contributed by atoms with Crippen LogP contribution in [-0.2, 0) is 17.4 Å². The topological polar surface area (TPSA) is 39.9 Å². The molecule has 0 radical (unpaired) electrons. The van der Waals surface area contributed by atoms with E-state index in [2.05, 4.69) is 96.2 Å². The predicted molar refractivity (Wildman–Crippen MR) is 123 cm³/mol. The Hall–Kier alpha value is -2.24. The molecule has 1 aliphatic carbocycles. The number of benzene rings is 2. The third-order valence-electron chi connectivity index (χ3n) is 6.63. The van der Waals surface area contributed by atoms with Gasteiger partial charge in [-0.3, -0.25) is 0 Å². The second kappa shape index (κ2) is 7.47. The first kappa shape index (κ1) is 19.7. The minimum Gasteiger partial charge on any atom is -0.403 e. The molecule has 1 saturated carbocycles. The quantitative estimate of drug-likeness (QED) is 0.588. The summed E-state index contributed by atoms with van der Waals surface area (Å²) in [6.45, 7) is 7.92. The van der Waals surface area contributed by atoms with E-state index in [1.54, 1.807) is 0 Å². The zero-order valence-electron chi connectivity index (χ0n) is 18.2. The Morgan fingerprint density at radius 1 is 0.867 bits per heavy atom. The molecular formula is C25H31N3OSi. The van der Waals surface area contributed by atoms with Crippen molar-refractivity contribution < 1.29 is 4.43 Å². The molecule has 0 bridgehead atoms. The number of rotatable bonds is 5. The van der Waals surface area contributed by atoms with Crippen molar-refractivity contribution in [3.8, 4) is 0 Å². The molecule has 0 amide bonds. The molecule has 4 nitrogen and oxygen atoms in total. The van der Waals surface area contributed by atoms with Crippen molar-refractivity contribution in [1.82, 2.24) is 14.8 Å². The van der Waals surface area contributed by atoms with Gasteiger partial charge in [-0.15, -0.1) is 10.2 Å². The molecule has 30 heavy (non-hydrogen) atoms. The van der Waals surface area contributed by atoms with Gasteiger partial charge in [0, 0.05) is 12.3 Å². The molecule has 5 heteroatoms. The van der Waals surface area contributed by atoms with Crippen molar-refractivity contribution in [1.29, 1.82) is 0 Å². The maximum absolute atomic E-state index is 7.36. The molecule has 1 aliphatic heterocycles. The summed E-state index contributed by atoms with van der Waals surface area (Å²) in [5.41, 5.74) is 0. The zero-order valence-corrected chi connectivity index (χ0v) is 19.2. The predicted octanol–water partition coefficient (Wildman–Crippen LogP) is 4.05. The van der Waals surface area contributed by atoms with Gasteiger partial charge in [0.25, 0.3) is 8.32 Å². The van der Waals surface area contributed by atoms with Crippen LogP contribution in [0.15, 0.2) is 60.7 Å². The van der Waals surface area contributed by atoms with Crippen molar-refractivity contribution in [3.63, 3.8) is 0 Å². The van der Waals surface area contributed by atoms with Gasteiger partial charge in [-0.2, -0.15) is 0 Å². The van der Waals surface area contributed by atoms with Crippen LogP contribution >= 0.6 is 0 Å². The van der Waals surface area contributed by atoms with Crippen molar-refractivity contribution in [2.45, 2.75) is 70.1 Å². The number of hydrogen-bond acceptors (Lipinski definition) is 3. The lowest BCUT2D eigenvalue weighted by molar-refractivity contribution is 0.142. The van der Waals surface area contributed by atoms with Crippen LogP contribution in [0.5, 0.6) is 0 Å². The molecule has 2 heterocycles. The van der Waals surface area contributed by atoms with Gasteiger partial charge in [-0.05, 0) is 34.7 Å². The smallest absolute Gasteiger partial charge is 0.261 e. The molecule has 0 saturated heterocycles. The Bertz CT molecular complexity index is 966. The summed E-state index contributed by atoms with van der Waals surface area (Å²) < 4.78 is 9.72. The van der Waals surface area contributed by atoms with E-state index in [1.807, 2.05) is 0 Å². The van der Waals surface area contributed by atoms with E-state index < -0.39 is 8.32 Å². The van der Waals surface area contributed by atoms with Crippen LogP contribution in [0.1, 0.15) is 57.6 Å². The molecule has 0 unspecified atom stereocenters. The van der Waals surface area contributed by atoms with E-state index in [-0.39, 0.29) is 11.1 Å². The van der Waals surface area contributed by atoms with E-state index in [4.69, 9.17) is 4.43 Å². The normalized spacial score (nSPS) is 19.5. The van der Waals surface area contributed by atoms with Crippen molar-refractivity contribution in [2.24, 2.45) is 0 Å². The fourth-order valence-electron chi connectivity index (χ4n) is 5.00. The van der Waals surface area contributed by atoms with Crippen LogP contribution in [0.25, 0.3) is 0 Å². The van der Waals surface area contributed by atoms with Gasteiger partial charge in [-0.1, -0.05) is 81.4 Å². The largest absolute Gasteiger partial charge is 0.403 e. The van der Waals surface area contributed by atoms with Gasteiger partial charge in [0.1, 0.15) is 11.6 Å². The van der Waals surface area contributed by atoms with Gasteiger partial charge in [0.15, 0.2) is 0 Å². The fourth-order valence-corrected chi connectivity index (χ4v) is 9.71. The second-order valence-corrected chi connectivity index (χ2v) is 14.1. The van der Waals surface area contributed by atoms with Gasteiger partial charge in [0.2, 0.25) is 0 Å². The number of nitrogens with zero attached hydrogens (tertiary/aromatic N) is 3. The molecule has 156 valence electrons. The van der Waals surface area contributed by atoms with Crippen molar-refractivity contribution >= 4 is 18.7 Å². The summed E-state index contributed by atoms with van der Waals surface area (Å²) in [4.78, 5) is 0. The number of hydrogen-bond donors (Lipinski definition) is 0. The second-order valence-electron chi connectivity index (χ2n) is 9.80. The average molecular weight is 418 g/mol. The molecule has 0 N–H and O–H groups in total. The molecule has 3 aromatic rings. The highest BCUT2D eigenvalue weighted by molar-refractivity contribution is 6.99. The first-order valence-electron chi connectivity index (χ1n) is 11.2. The minimum atomic E-state index is -2.52. The summed E-state index contributed by atoms with van der Waals surface area (Å²) in [6, 6.07) is 21.9. The van der Waals surface area contributed by atoms with Crippen LogP contribution < -0.4 is 10.4 Å². The lowest BCUT2D eigenvalue weighted by Crippen LogP contribution is -2.68. The van der Waals surface area contributed by atoms with Gasteiger partial charge < -0.3 is 8.99 Å². The summed E-state index contributed by atoms with van der Waals surface area (Å²) in [5.74, 6) is 2.93. The Balaban J connectivity index is 1.57. The summed E-state index contributed by atoms with van der Waals surface area (Å²) in [6.07, 6.45) is 4.63. The minimum absolute atomic E-state index is 0.00247. The lowest BCUT2D eigenvalue weighted by atomic mass is 10.1. The summed E-state index contributed by atoms with van der Waals surface area (Å²) in [7, 11) is -2.52. The maximum Gasteiger partial charge on any atom is 0.261 e. The maximum atomic E-state index is 7.36. The molecule has 1 fully saturated rings. The van der Waals surface area contributed by atoms with E-state index >= 15 is 0 Å². The van der Waals surface area contributed by atoms with E-state index in [0.29, 0.717) is 5.92 Å². The van der Waals surface area contributed by atoms with Crippen LogP contribution in [0.2, 0.25) is 5.04 Å². The third kappa shape index (κ3) is 3.34. The van der Waals surface area contributed by atoms with Crippen LogP contribution in [0.3, 0.4) is 0 Å². The molecule has 1 atom stereocenters. The molecule has 5 rings (SSSR count). The van der Waals surface area contributed by atoms with E-state index in [9.17, 15) is 0 Å². The Morgan fingerprint density at radius 2 is 1.47 bits per heavy atom. The number of aryl methyl sites for hydroxylation is 1. The summed E-state index contributed by atoms with van der Waals surface area (Å²) in [5, 5.41) is 11.7. The van der Waals surface area contributed by atoms with Gasteiger partial charge in [-0.25, -0.2) is 0 Å². The zero-order chi connectivity index (χ0) is 20.8. The lowest BCUT2D eigenvalue weighted by Gasteiger charge is -2.46. The van der Waals surface area contributed by atoms with E-state index in [0.717, 1.165) is 25.2 Å². The highest BCUT2D eigenvalue weighted by Crippen LogP contribution is 2.41. The number of aromatic nitrogens is 3. The molecule has 2 aromatic carbocycles. The third-order valence-corrected chi connectivity index (χ3v) is 11.7. The SMILES string of the molecule is CC(C)(C)[Si](O[C@H]1CCc2nnc(C3CC3)n2C1)(c1ccccc1)c1ccccc1. The van der Waals surface area contributed by atoms with Crippen LogP contribution in [0, 0.1) is 0 Å². The van der Waals surface area contributed by atoms with Gasteiger partial charge >= 0.3 is 0 Å². The average Bonchev–Trinajstić information content (AvgIpc) is 3.51. The van der Waals surface area contributed by atoms with Gasteiger partial charge in [0.05, 0.1) is 12.6 Å². The van der Waals surface area contributed by atoms with Crippen molar-refractivity contribution in [2.75, 3.05) is 0 Å². The molecule has 0 spiro atoms. The van der Waals surface area contributed by atoms with E-state index in [1.165, 1.54) is 29.0 Å². The Kier molecular flexibility index (Phi) is 4.90. The van der Waals surface area contributed by atoms with Crippen LogP contribution in [-0.4, -0.2) is 29.2 Å². The van der Waals surface area contributed by atoms with Crippen molar-refractivity contribution in [3.05, 3.63) is 72.3 Å². The summed E-state index contributed by atoms with van der Waals surface area (Å²) >= 11 is 0.